The summed E-state index contributed by atoms with van der Waals surface area (Å²) in [4.78, 5) is 16.2. The molecule has 0 atom stereocenters. The van der Waals surface area contributed by atoms with E-state index in [-0.39, 0.29) is 5.91 Å². The van der Waals surface area contributed by atoms with Gasteiger partial charge in [0.15, 0.2) is 0 Å². The smallest absolute Gasteiger partial charge is 0.236 e. The number of nitrogens with one attached hydrogen (secondary N) is 1. The molecule has 2 rings (SSSR count). The van der Waals surface area contributed by atoms with E-state index in [1.54, 1.807) is 0 Å². The number of rotatable bonds is 5. The lowest BCUT2D eigenvalue weighted by Crippen LogP contribution is -2.45. The Morgan fingerprint density at radius 1 is 1.06 bits per heavy atom. The third kappa shape index (κ3) is 4.55. The predicted octanol–water partition coefficient (Wildman–Crippen LogP) is -0.0793. The Morgan fingerprint density at radius 2 is 1.78 bits per heavy atom. The Morgan fingerprint density at radius 3 is 2.50 bits per heavy atom. The van der Waals surface area contributed by atoms with Gasteiger partial charge < -0.3 is 19.9 Å². The Balaban J connectivity index is 1.52. The highest BCUT2D eigenvalue weighted by Crippen LogP contribution is 2.07. The summed E-state index contributed by atoms with van der Waals surface area (Å²) in [5.74, 6) is 0.206. The minimum absolute atomic E-state index is 0.206. The van der Waals surface area contributed by atoms with Gasteiger partial charge in [0.2, 0.25) is 5.91 Å². The van der Waals surface area contributed by atoms with E-state index in [0.29, 0.717) is 19.8 Å². The number of morpholine rings is 1. The van der Waals surface area contributed by atoms with Gasteiger partial charge in [0.1, 0.15) is 0 Å². The van der Waals surface area contributed by atoms with Crippen LogP contribution in [-0.2, 0) is 9.53 Å². The average molecular weight is 255 g/mol. The van der Waals surface area contributed by atoms with Crippen LogP contribution in [0, 0.1) is 0 Å². The van der Waals surface area contributed by atoms with Crippen LogP contribution in [0.15, 0.2) is 0 Å². The fourth-order valence-corrected chi connectivity index (χ4v) is 2.54. The highest BCUT2D eigenvalue weighted by Gasteiger charge is 2.16. The van der Waals surface area contributed by atoms with Crippen LogP contribution < -0.4 is 5.32 Å². The number of hydrogen-bond acceptors (Lipinski definition) is 4. The maximum Gasteiger partial charge on any atom is 0.236 e. The number of piperidine rings is 1. The number of carbonyl (C=O) groups is 1. The largest absolute Gasteiger partial charge is 0.378 e. The topological polar surface area (TPSA) is 44.8 Å². The van der Waals surface area contributed by atoms with Gasteiger partial charge >= 0.3 is 0 Å². The maximum absolute atomic E-state index is 11.8. The SMILES string of the molecule is O=C(CNCCN1CCCCC1)N1CCOCC1. The van der Waals surface area contributed by atoms with Crippen molar-refractivity contribution in [2.45, 2.75) is 19.3 Å². The molecule has 2 aliphatic rings. The molecule has 0 spiro atoms. The van der Waals surface area contributed by atoms with Crippen molar-refractivity contribution in [3.05, 3.63) is 0 Å². The summed E-state index contributed by atoms with van der Waals surface area (Å²) in [5, 5.41) is 3.26. The van der Waals surface area contributed by atoms with Crippen molar-refractivity contribution in [1.29, 1.82) is 0 Å². The summed E-state index contributed by atoms with van der Waals surface area (Å²) < 4.78 is 5.23. The lowest BCUT2D eigenvalue weighted by molar-refractivity contribution is -0.134. The van der Waals surface area contributed by atoms with E-state index in [9.17, 15) is 4.79 Å². The molecule has 104 valence electrons. The van der Waals surface area contributed by atoms with E-state index in [2.05, 4.69) is 10.2 Å². The molecular formula is C13H25N3O2. The summed E-state index contributed by atoms with van der Waals surface area (Å²) in [5.41, 5.74) is 0. The van der Waals surface area contributed by atoms with E-state index in [1.165, 1.54) is 32.4 Å². The first-order chi connectivity index (χ1) is 8.86. The molecule has 2 aliphatic heterocycles. The molecule has 5 heteroatoms. The molecule has 0 aromatic rings. The van der Waals surface area contributed by atoms with Crippen molar-refractivity contribution < 1.29 is 9.53 Å². The molecule has 0 aromatic heterocycles. The minimum Gasteiger partial charge on any atom is -0.378 e. The number of carbonyl (C=O) groups excluding carboxylic acids is 1. The number of likely N-dealkylation sites (tertiary alicyclic amines) is 1. The molecule has 0 bridgehead atoms. The molecule has 0 aliphatic carbocycles. The first kappa shape index (κ1) is 13.8. The average Bonchev–Trinajstić information content (AvgIpc) is 2.45. The van der Waals surface area contributed by atoms with Crippen LogP contribution in [0.1, 0.15) is 19.3 Å². The lowest BCUT2D eigenvalue weighted by Gasteiger charge is -2.28. The molecule has 0 unspecified atom stereocenters. The molecule has 0 radical (unpaired) electrons. The number of ether oxygens (including phenoxy) is 1. The normalized spacial score (nSPS) is 22.1. The second-order valence-electron chi connectivity index (χ2n) is 5.07. The van der Waals surface area contributed by atoms with Crippen LogP contribution in [0.4, 0.5) is 0 Å². The van der Waals surface area contributed by atoms with E-state index in [0.717, 1.165) is 26.2 Å². The molecule has 1 amide bonds. The van der Waals surface area contributed by atoms with Crippen LogP contribution in [0.25, 0.3) is 0 Å². The zero-order valence-corrected chi connectivity index (χ0v) is 11.2. The Hall–Kier alpha value is -0.650. The highest BCUT2D eigenvalue weighted by atomic mass is 16.5. The van der Waals surface area contributed by atoms with Crippen LogP contribution in [-0.4, -0.2) is 74.7 Å². The van der Waals surface area contributed by atoms with Gasteiger partial charge in [0.05, 0.1) is 19.8 Å². The van der Waals surface area contributed by atoms with Gasteiger partial charge in [-0.2, -0.15) is 0 Å². The Bertz CT molecular complexity index is 249. The minimum atomic E-state index is 0.206. The van der Waals surface area contributed by atoms with Gasteiger partial charge in [-0.25, -0.2) is 0 Å². The molecule has 5 nitrogen and oxygen atoms in total. The van der Waals surface area contributed by atoms with Crippen LogP contribution >= 0.6 is 0 Å². The number of hydrogen-bond donors (Lipinski definition) is 1. The van der Waals surface area contributed by atoms with Gasteiger partial charge in [-0.15, -0.1) is 0 Å². The van der Waals surface area contributed by atoms with Gasteiger partial charge in [0.25, 0.3) is 0 Å². The van der Waals surface area contributed by atoms with Crippen LogP contribution in [0.2, 0.25) is 0 Å². The fourth-order valence-electron chi connectivity index (χ4n) is 2.54. The molecule has 2 heterocycles. The molecule has 1 N–H and O–H groups in total. The molecule has 0 aromatic carbocycles. The first-order valence-electron chi connectivity index (χ1n) is 7.15. The summed E-state index contributed by atoms with van der Waals surface area (Å²) >= 11 is 0. The third-order valence-corrected chi connectivity index (χ3v) is 3.69. The van der Waals surface area contributed by atoms with Crippen molar-refractivity contribution in [1.82, 2.24) is 15.1 Å². The summed E-state index contributed by atoms with van der Waals surface area (Å²) in [6.45, 7) is 7.73. The molecule has 2 saturated heterocycles. The Kier molecular flexibility index (Phi) is 5.90. The van der Waals surface area contributed by atoms with Crippen LogP contribution in [0.5, 0.6) is 0 Å². The van der Waals surface area contributed by atoms with Gasteiger partial charge in [-0.05, 0) is 25.9 Å². The summed E-state index contributed by atoms with van der Waals surface area (Å²) in [6.07, 6.45) is 4.03. The van der Waals surface area contributed by atoms with Gasteiger partial charge in [-0.1, -0.05) is 6.42 Å². The van der Waals surface area contributed by atoms with Crippen LogP contribution in [0.3, 0.4) is 0 Å². The maximum atomic E-state index is 11.8. The van der Waals surface area contributed by atoms with Gasteiger partial charge in [0, 0.05) is 26.2 Å². The zero-order chi connectivity index (χ0) is 12.6. The van der Waals surface area contributed by atoms with Gasteiger partial charge in [-0.3, -0.25) is 4.79 Å². The van der Waals surface area contributed by atoms with Crippen molar-refractivity contribution in [2.24, 2.45) is 0 Å². The fraction of sp³-hybridized carbons (Fsp3) is 0.923. The van der Waals surface area contributed by atoms with Crippen molar-refractivity contribution >= 4 is 5.91 Å². The Labute approximate surface area is 109 Å². The monoisotopic (exact) mass is 255 g/mol. The summed E-state index contributed by atoms with van der Waals surface area (Å²) in [6, 6.07) is 0. The summed E-state index contributed by atoms with van der Waals surface area (Å²) in [7, 11) is 0. The second-order valence-corrected chi connectivity index (χ2v) is 5.07. The second kappa shape index (κ2) is 7.71. The van der Waals surface area contributed by atoms with Crippen molar-refractivity contribution in [2.75, 3.05) is 59.0 Å². The zero-order valence-electron chi connectivity index (χ0n) is 11.2. The highest BCUT2D eigenvalue weighted by molar-refractivity contribution is 5.78. The molecular weight excluding hydrogens is 230 g/mol. The molecule has 18 heavy (non-hydrogen) atoms. The third-order valence-electron chi connectivity index (χ3n) is 3.69. The van der Waals surface area contributed by atoms with Crippen molar-refractivity contribution in [3.63, 3.8) is 0 Å². The lowest BCUT2D eigenvalue weighted by atomic mass is 10.1. The quantitative estimate of drug-likeness (QED) is 0.698. The van der Waals surface area contributed by atoms with E-state index < -0.39 is 0 Å². The molecule has 0 saturated carbocycles. The van der Waals surface area contributed by atoms with E-state index >= 15 is 0 Å². The van der Waals surface area contributed by atoms with E-state index in [4.69, 9.17) is 4.74 Å². The van der Waals surface area contributed by atoms with Crippen molar-refractivity contribution in [3.8, 4) is 0 Å². The predicted molar refractivity (Wildman–Crippen MR) is 70.6 cm³/mol. The molecule has 2 fully saturated rings. The number of nitrogens with zero attached hydrogens (tertiary/aromatic N) is 2. The number of amides is 1. The van der Waals surface area contributed by atoms with E-state index in [1.807, 2.05) is 4.90 Å². The first-order valence-corrected chi connectivity index (χ1v) is 7.15. The standard InChI is InChI=1S/C13H25N3O2/c17-13(16-8-10-18-11-9-16)12-14-4-7-15-5-2-1-3-6-15/h14H,1-12H2.